The minimum Gasteiger partial charge on any atom is -0.486 e. The number of nitrogens with one attached hydrogen (secondary N) is 1. The van der Waals surface area contributed by atoms with E-state index < -0.39 is 0 Å². The molecular formula is C15H15FN2O2. The van der Waals surface area contributed by atoms with Gasteiger partial charge in [-0.15, -0.1) is 0 Å². The Morgan fingerprint density at radius 2 is 1.95 bits per heavy atom. The molecule has 5 heteroatoms. The van der Waals surface area contributed by atoms with Crippen LogP contribution in [0.2, 0.25) is 0 Å². The topological polar surface area (TPSA) is 43.4 Å². The summed E-state index contributed by atoms with van der Waals surface area (Å²) in [5, 5.41) is 3.29. The zero-order chi connectivity index (χ0) is 13.9. The zero-order valence-electron chi connectivity index (χ0n) is 11.1. The van der Waals surface area contributed by atoms with E-state index in [1.54, 1.807) is 6.20 Å². The van der Waals surface area contributed by atoms with Crippen molar-refractivity contribution in [3.63, 3.8) is 0 Å². The van der Waals surface area contributed by atoms with E-state index in [0.717, 1.165) is 22.7 Å². The van der Waals surface area contributed by atoms with E-state index in [4.69, 9.17) is 9.47 Å². The van der Waals surface area contributed by atoms with Gasteiger partial charge in [0.1, 0.15) is 19.0 Å². The summed E-state index contributed by atoms with van der Waals surface area (Å²) in [5.74, 6) is 1.14. The maximum Gasteiger partial charge on any atom is 0.163 e. The molecule has 0 aliphatic carbocycles. The minimum atomic E-state index is -0.335. The number of fused-ring (bicyclic) bond motifs is 1. The van der Waals surface area contributed by atoms with E-state index in [-0.39, 0.29) is 11.9 Å². The number of anilines is 1. The number of halogens is 1. The van der Waals surface area contributed by atoms with Crippen LogP contribution in [0.1, 0.15) is 18.5 Å². The third-order valence-corrected chi connectivity index (χ3v) is 3.15. The van der Waals surface area contributed by atoms with Crippen LogP contribution < -0.4 is 14.8 Å². The number of rotatable bonds is 3. The van der Waals surface area contributed by atoms with Crippen molar-refractivity contribution in [2.75, 3.05) is 18.5 Å². The van der Waals surface area contributed by atoms with Gasteiger partial charge in [0.05, 0.1) is 12.2 Å². The Morgan fingerprint density at radius 1 is 1.15 bits per heavy atom. The molecule has 2 heterocycles. The van der Waals surface area contributed by atoms with Crippen molar-refractivity contribution < 1.29 is 13.9 Å². The second-order valence-electron chi connectivity index (χ2n) is 4.66. The van der Waals surface area contributed by atoms with Crippen molar-refractivity contribution in [1.82, 2.24) is 4.98 Å². The highest BCUT2D eigenvalue weighted by molar-refractivity contribution is 5.56. The van der Waals surface area contributed by atoms with Crippen molar-refractivity contribution in [2.45, 2.75) is 13.0 Å². The molecule has 0 radical (unpaired) electrons. The van der Waals surface area contributed by atoms with Gasteiger partial charge in [0.25, 0.3) is 0 Å². The molecule has 0 fully saturated rings. The lowest BCUT2D eigenvalue weighted by Crippen LogP contribution is -2.15. The van der Waals surface area contributed by atoms with Gasteiger partial charge >= 0.3 is 0 Å². The molecule has 1 N–H and O–H groups in total. The fourth-order valence-electron chi connectivity index (χ4n) is 2.13. The molecule has 1 aromatic carbocycles. The predicted molar refractivity (Wildman–Crippen MR) is 73.7 cm³/mol. The molecule has 0 saturated carbocycles. The van der Waals surface area contributed by atoms with Crippen LogP contribution in [0.5, 0.6) is 11.5 Å². The van der Waals surface area contributed by atoms with Gasteiger partial charge in [-0.25, -0.2) is 4.39 Å². The normalized spacial score (nSPS) is 14.7. The third-order valence-electron chi connectivity index (χ3n) is 3.15. The SMILES string of the molecule is CC(Nc1ccc2c(c1)OCCO2)c1cncc(F)c1. The monoisotopic (exact) mass is 274 g/mol. The van der Waals surface area contributed by atoms with Gasteiger partial charge < -0.3 is 14.8 Å². The molecule has 1 aliphatic rings. The summed E-state index contributed by atoms with van der Waals surface area (Å²) < 4.78 is 24.2. The van der Waals surface area contributed by atoms with Crippen molar-refractivity contribution in [3.05, 3.63) is 48.0 Å². The first-order valence-corrected chi connectivity index (χ1v) is 6.49. The van der Waals surface area contributed by atoms with E-state index in [2.05, 4.69) is 10.3 Å². The van der Waals surface area contributed by atoms with Gasteiger partial charge in [-0.2, -0.15) is 0 Å². The second-order valence-corrected chi connectivity index (χ2v) is 4.66. The van der Waals surface area contributed by atoms with Crippen LogP contribution >= 0.6 is 0 Å². The second kappa shape index (κ2) is 5.36. The molecule has 0 bridgehead atoms. The Kier molecular flexibility index (Phi) is 3.41. The molecule has 0 saturated heterocycles. The van der Waals surface area contributed by atoms with E-state index in [0.29, 0.717) is 13.2 Å². The largest absolute Gasteiger partial charge is 0.486 e. The number of aromatic nitrogens is 1. The molecule has 0 amide bonds. The summed E-state index contributed by atoms with van der Waals surface area (Å²) in [7, 11) is 0. The first-order chi connectivity index (χ1) is 9.72. The van der Waals surface area contributed by atoms with E-state index in [1.807, 2.05) is 25.1 Å². The summed E-state index contributed by atoms with van der Waals surface area (Å²) >= 11 is 0. The first-order valence-electron chi connectivity index (χ1n) is 6.49. The summed E-state index contributed by atoms with van der Waals surface area (Å²) in [4.78, 5) is 3.86. The van der Waals surface area contributed by atoms with Gasteiger partial charge in [0.2, 0.25) is 0 Å². The summed E-state index contributed by atoms with van der Waals surface area (Å²) in [6.07, 6.45) is 2.85. The Hall–Kier alpha value is -2.30. The number of nitrogens with zero attached hydrogens (tertiary/aromatic N) is 1. The zero-order valence-corrected chi connectivity index (χ0v) is 11.1. The third kappa shape index (κ3) is 2.66. The number of ether oxygens (including phenoxy) is 2. The highest BCUT2D eigenvalue weighted by Gasteiger charge is 2.13. The summed E-state index contributed by atoms with van der Waals surface area (Å²) in [6, 6.07) is 7.09. The van der Waals surface area contributed by atoms with Gasteiger partial charge in [-0.05, 0) is 30.7 Å². The number of hydrogen-bond donors (Lipinski definition) is 1. The smallest absolute Gasteiger partial charge is 0.163 e. The Labute approximate surface area is 116 Å². The lowest BCUT2D eigenvalue weighted by molar-refractivity contribution is 0.171. The van der Waals surface area contributed by atoms with Gasteiger partial charge in [0.15, 0.2) is 11.5 Å². The quantitative estimate of drug-likeness (QED) is 0.933. The maximum atomic E-state index is 13.2. The Balaban J connectivity index is 1.77. The Morgan fingerprint density at radius 3 is 2.75 bits per heavy atom. The molecule has 104 valence electrons. The average molecular weight is 274 g/mol. The molecule has 2 aromatic rings. The van der Waals surface area contributed by atoms with E-state index in [1.165, 1.54) is 12.3 Å². The van der Waals surface area contributed by atoms with Gasteiger partial charge in [-0.1, -0.05) is 0 Å². The van der Waals surface area contributed by atoms with Crippen molar-refractivity contribution in [2.24, 2.45) is 0 Å². The molecule has 0 spiro atoms. The average Bonchev–Trinajstić information content (AvgIpc) is 2.47. The Bertz CT molecular complexity index is 619. The molecular weight excluding hydrogens is 259 g/mol. The van der Waals surface area contributed by atoms with E-state index in [9.17, 15) is 4.39 Å². The minimum absolute atomic E-state index is 0.0549. The van der Waals surface area contributed by atoms with Crippen LogP contribution in [0.3, 0.4) is 0 Å². The van der Waals surface area contributed by atoms with Crippen LogP contribution in [-0.4, -0.2) is 18.2 Å². The first kappa shape index (κ1) is 12.7. The van der Waals surface area contributed by atoms with Crippen molar-refractivity contribution >= 4 is 5.69 Å². The van der Waals surface area contributed by atoms with Crippen LogP contribution in [0, 0.1) is 5.82 Å². The fraction of sp³-hybridized carbons (Fsp3) is 0.267. The molecule has 4 nitrogen and oxygen atoms in total. The molecule has 3 rings (SSSR count). The summed E-state index contributed by atoms with van der Waals surface area (Å²) in [5.41, 5.74) is 1.69. The number of pyridine rings is 1. The van der Waals surface area contributed by atoms with Crippen LogP contribution in [0.25, 0.3) is 0 Å². The highest BCUT2D eigenvalue weighted by Crippen LogP contribution is 2.33. The van der Waals surface area contributed by atoms with Crippen LogP contribution in [-0.2, 0) is 0 Å². The van der Waals surface area contributed by atoms with Crippen LogP contribution in [0.4, 0.5) is 10.1 Å². The lowest BCUT2D eigenvalue weighted by atomic mass is 10.1. The summed E-state index contributed by atoms with van der Waals surface area (Å²) in [6.45, 7) is 3.08. The molecule has 1 unspecified atom stereocenters. The van der Waals surface area contributed by atoms with Crippen molar-refractivity contribution in [1.29, 1.82) is 0 Å². The standard InChI is InChI=1S/C15H15FN2O2/c1-10(11-6-12(16)9-17-8-11)18-13-2-3-14-15(7-13)20-5-4-19-14/h2-3,6-10,18H,4-5H2,1H3. The fourth-order valence-corrected chi connectivity index (χ4v) is 2.13. The highest BCUT2D eigenvalue weighted by atomic mass is 19.1. The molecule has 1 aromatic heterocycles. The van der Waals surface area contributed by atoms with Gasteiger partial charge in [0, 0.05) is 18.0 Å². The molecule has 1 atom stereocenters. The molecule has 1 aliphatic heterocycles. The van der Waals surface area contributed by atoms with E-state index >= 15 is 0 Å². The number of hydrogen-bond acceptors (Lipinski definition) is 4. The van der Waals surface area contributed by atoms with Crippen LogP contribution in [0.15, 0.2) is 36.7 Å². The van der Waals surface area contributed by atoms with Gasteiger partial charge in [-0.3, -0.25) is 4.98 Å². The van der Waals surface area contributed by atoms with Crippen molar-refractivity contribution in [3.8, 4) is 11.5 Å². The number of benzene rings is 1. The predicted octanol–water partition coefficient (Wildman–Crippen LogP) is 3.17. The lowest BCUT2D eigenvalue weighted by Gasteiger charge is -2.21. The maximum absolute atomic E-state index is 13.2. The molecule has 20 heavy (non-hydrogen) atoms.